The van der Waals surface area contributed by atoms with Crippen LogP contribution < -0.4 is 0 Å². The Hall–Kier alpha value is -0.340. The van der Waals surface area contributed by atoms with Gasteiger partial charge >= 0.3 is 0 Å². The lowest BCUT2D eigenvalue weighted by molar-refractivity contribution is 0.289. The SMILES string of the molecule is CCCCCc1ccc(CCCO)s1. The van der Waals surface area contributed by atoms with Gasteiger partial charge in [-0.25, -0.2) is 0 Å². The van der Waals surface area contributed by atoms with Gasteiger partial charge in [0.2, 0.25) is 0 Å². The molecule has 1 heterocycles. The van der Waals surface area contributed by atoms with Crippen LogP contribution in [0.25, 0.3) is 0 Å². The van der Waals surface area contributed by atoms with Crippen LogP contribution in [0, 0.1) is 0 Å². The first-order valence-corrected chi connectivity index (χ1v) is 6.37. The lowest BCUT2D eigenvalue weighted by atomic mass is 10.2. The number of hydrogen-bond donors (Lipinski definition) is 1. The van der Waals surface area contributed by atoms with E-state index in [0.717, 1.165) is 12.8 Å². The van der Waals surface area contributed by atoms with Gasteiger partial charge in [-0.3, -0.25) is 0 Å². The molecule has 0 saturated heterocycles. The Morgan fingerprint density at radius 2 is 1.71 bits per heavy atom. The molecule has 80 valence electrons. The van der Waals surface area contributed by atoms with Crippen LogP contribution in [0.15, 0.2) is 12.1 Å². The van der Waals surface area contributed by atoms with Crippen molar-refractivity contribution in [2.24, 2.45) is 0 Å². The third kappa shape index (κ3) is 4.25. The molecule has 1 nitrogen and oxygen atoms in total. The van der Waals surface area contributed by atoms with Crippen LogP contribution in [0.5, 0.6) is 0 Å². The number of hydrogen-bond acceptors (Lipinski definition) is 2. The second-order valence-corrected chi connectivity index (χ2v) is 4.91. The van der Waals surface area contributed by atoms with Crippen molar-refractivity contribution < 1.29 is 5.11 Å². The summed E-state index contributed by atoms with van der Waals surface area (Å²) in [6, 6.07) is 4.45. The van der Waals surface area contributed by atoms with Gasteiger partial charge in [0.25, 0.3) is 0 Å². The van der Waals surface area contributed by atoms with Gasteiger partial charge in [-0.2, -0.15) is 0 Å². The maximum atomic E-state index is 8.71. The predicted molar refractivity (Wildman–Crippen MR) is 63.0 cm³/mol. The Labute approximate surface area is 90.8 Å². The summed E-state index contributed by atoms with van der Waals surface area (Å²) >= 11 is 1.91. The molecule has 1 aromatic heterocycles. The standard InChI is InChI=1S/C12H20OS/c1-2-3-4-6-11-8-9-12(14-11)7-5-10-13/h8-9,13H,2-7,10H2,1H3. The van der Waals surface area contributed by atoms with Crippen molar-refractivity contribution in [3.8, 4) is 0 Å². The van der Waals surface area contributed by atoms with Crippen LogP contribution in [-0.2, 0) is 12.8 Å². The Morgan fingerprint density at radius 3 is 2.29 bits per heavy atom. The maximum absolute atomic E-state index is 8.71. The highest BCUT2D eigenvalue weighted by Gasteiger charge is 1.99. The van der Waals surface area contributed by atoms with Crippen LogP contribution in [0.3, 0.4) is 0 Å². The third-order valence-electron chi connectivity index (χ3n) is 2.33. The Kier molecular flexibility index (Phi) is 5.88. The van der Waals surface area contributed by atoms with Crippen molar-refractivity contribution in [3.05, 3.63) is 21.9 Å². The molecule has 0 fully saturated rings. The molecule has 0 aliphatic carbocycles. The Balaban J connectivity index is 2.27. The molecule has 0 saturated carbocycles. The van der Waals surface area contributed by atoms with E-state index < -0.39 is 0 Å². The lowest BCUT2D eigenvalue weighted by Crippen LogP contribution is -1.85. The molecular formula is C12H20OS. The largest absolute Gasteiger partial charge is 0.396 e. The van der Waals surface area contributed by atoms with Crippen LogP contribution in [0.4, 0.5) is 0 Å². The van der Waals surface area contributed by atoms with Crippen molar-refractivity contribution in [1.82, 2.24) is 0 Å². The second kappa shape index (κ2) is 7.02. The molecule has 0 unspecified atom stereocenters. The Morgan fingerprint density at radius 1 is 1.07 bits per heavy atom. The molecule has 0 atom stereocenters. The third-order valence-corrected chi connectivity index (χ3v) is 3.53. The first-order chi connectivity index (χ1) is 6.86. The van der Waals surface area contributed by atoms with Gasteiger partial charge in [0.15, 0.2) is 0 Å². The molecule has 0 amide bonds. The average Bonchev–Trinajstić information content (AvgIpc) is 2.63. The van der Waals surface area contributed by atoms with E-state index in [2.05, 4.69) is 19.1 Å². The monoisotopic (exact) mass is 212 g/mol. The Bertz CT molecular complexity index is 242. The molecule has 0 aromatic carbocycles. The van der Waals surface area contributed by atoms with Crippen molar-refractivity contribution in [2.75, 3.05) is 6.61 Å². The van der Waals surface area contributed by atoms with Crippen molar-refractivity contribution >= 4 is 11.3 Å². The van der Waals surface area contributed by atoms with E-state index in [1.165, 1.54) is 35.4 Å². The second-order valence-electron chi connectivity index (χ2n) is 3.65. The van der Waals surface area contributed by atoms with E-state index in [1.807, 2.05) is 11.3 Å². The smallest absolute Gasteiger partial charge is 0.0434 e. The summed E-state index contributed by atoms with van der Waals surface area (Å²) in [6.07, 6.45) is 7.12. The van der Waals surface area contributed by atoms with Gasteiger partial charge in [0, 0.05) is 16.4 Å². The number of unbranched alkanes of at least 4 members (excludes halogenated alkanes) is 2. The first kappa shape index (κ1) is 11.7. The highest BCUT2D eigenvalue weighted by molar-refractivity contribution is 7.11. The molecule has 0 aliphatic rings. The van der Waals surface area contributed by atoms with E-state index in [4.69, 9.17) is 5.11 Å². The molecular weight excluding hydrogens is 192 g/mol. The quantitative estimate of drug-likeness (QED) is 0.687. The fourth-order valence-electron chi connectivity index (χ4n) is 1.49. The molecule has 0 spiro atoms. The van der Waals surface area contributed by atoms with Gasteiger partial charge < -0.3 is 5.11 Å². The van der Waals surface area contributed by atoms with Crippen molar-refractivity contribution in [2.45, 2.75) is 45.4 Å². The number of rotatable bonds is 7. The van der Waals surface area contributed by atoms with Gasteiger partial charge in [-0.05, 0) is 37.8 Å². The van der Waals surface area contributed by atoms with Gasteiger partial charge in [-0.1, -0.05) is 19.8 Å². The van der Waals surface area contributed by atoms with Crippen LogP contribution in [-0.4, -0.2) is 11.7 Å². The van der Waals surface area contributed by atoms with Crippen LogP contribution >= 0.6 is 11.3 Å². The minimum atomic E-state index is 0.309. The molecule has 0 radical (unpaired) electrons. The van der Waals surface area contributed by atoms with Gasteiger partial charge in [0.1, 0.15) is 0 Å². The fraction of sp³-hybridized carbons (Fsp3) is 0.667. The molecule has 0 aliphatic heterocycles. The molecule has 14 heavy (non-hydrogen) atoms. The highest BCUT2D eigenvalue weighted by Crippen LogP contribution is 2.20. The maximum Gasteiger partial charge on any atom is 0.0434 e. The minimum Gasteiger partial charge on any atom is -0.396 e. The number of aliphatic hydroxyl groups excluding tert-OH is 1. The lowest BCUT2D eigenvalue weighted by Gasteiger charge is -1.95. The first-order valence-electron chi connectivity index (χ1n) is 5.55. The zero-order chi connectivity index (χ0) is 10.2. The summed E-state index contributed by atoms with van der Waals surface area (Å²) < 4.78 is 0. The van der Waals surface area contributed by atoms with Crippen molar-refractivity contribution in [1.29, 1.82) is 0 Å². The summed E-state index contributed by atoms with van der Waals surface area (Å²) in [6.45, 7) is 2.55. The van der Waals surface area contributed by atoms with E-state index in [1.54, 1.807) is 0 Å². The van der Waals surface area contributed by atoms with Gasteiger partial charge in [-0.15, -0.1) is 11.3 Å². The summed E-state index contributed by atoms with van der Waals surface area (Å²) in [7, 11) is 0. The number of aliphatic hydroxyl groups is 1. The molecule has 1 rings (SSSR count). The van der Waals surface area contributed by atoms with E-state index in [-0.39, 0.29) is 0 Å². The summed E-state index contributed by atoms with van der Waals surface area (Å²) in [5.74, 6) is 0. The van der Waals surface area contributed by atoms with E-state index >= 15 is 0 Å². The van der Waals surface area contributed by atoms with Crippen LogP contribution in [0.2, 0.25) is 0 Å². The number of aryl methyl sites for hydroxylation is 2. The molecule has 1 N–H and O–H groups in total. The summed E-state index contributed by atoms with van der Waals surface area (Å²) in [4.78, 5) is 2.93. The van der Waals surface area contributed by atoms with Crippen molar-refractivity contribution in [3.63, 3.8) is 0 Å². The highest BCUT2D eigenvalue weighted by atomic mass is 32.1. The topological polar surface area (TPSA) is 20.2 Å². The zero-order valence-corrected chi connectivity index (χ0v) is 9.78. The molecule has 0 bridgehead atoms. The average molecular weight is 212 g/mol. The predicted octanol–water partition coefficient (Wildman–Crippen LogP) is 3.41. The zero-order valence-electron chi connectivity index (χ0n) is 8.96. The van der Waals surface area contributed by atoms with E-state index in [0.29, 0.717) is 6.61 Å². The normalized spacial score (nSPS) is 10.7. The molecule has 1 aromatic rings. The summed E-state index contributed by atoms with van der Waals surface area (Å²) in [5, 5.41) is 8.71. The molecule has 2 heteroatoms. The fourth-order valence-corrected chi connectivity index (χ4v) is 2.60. The summed E-state index contributed by atoms with van der Waals surface area (Å²) in [5.41, 5.74) is 0. The minimum absolute atomic E-state index is 0.309. The van der Waals surface area contributed by atoms with Crippen LogP contribution in [0.1, 0.15) is 42.4 Å². The van der Waals surface area contributed by atoms with E-state index in [9.17, 15) is 0 Å². The number of thiophene rings is 1. The van der Waals surface area contributed by atoms with Gasteiger partial charge in [0.05, 0.1) is 0 Å².